The molecule has 1 aromatic carbocycles. The highest BCUT2D eigenvalue weighted by Crippen LogP contribution is 2.13. The zero-order chi connectivity index (χ0) is 13.5. The Bertz CT molecular complexity index is 491. The Balaban J connectivity index is 2.81. The minimum atomic E-state index is -0.532. The summed E-state index contributed by atoms with van der Waals surface area (Å²) in [5.74, 6) is 2.14. The molecule has 1 atom stereocenters. The van der Waals surface area contributed by atoms with E-state index in [1.807, 2.05) is 6.92 Å². The highest BCUT2D eigenvalue weighted by atomic mass is 16.6. The van der Waals surface area contributed by atoms with Crippen LogP contribution >= 0.6 is 0 Å². The number of nitro benzene ring substituents is 1. The summed E-state index contributed by atoms with van der Waals surface area (Å²) in [6.45, 7) is 1.91. The highest BCUT2D eigenvalue weighted by Gasteiger charge is 2.14. The van der Waals surface area contributed by atoms with Crippen molar-refractivity contribution in [3.63, 3.8) is 0 Å². The molecule has 1 unspecified atom stereocenters. The Kier molecular flexibility index (Phi) is 4.88. The molecule has 0 aliphatic carbocycles. The van der Waals surface area contributed by atoms with Crippen LogP contribution in [0.3, 0.4) is 0 Å². The number of amides is 1. The monoisotopic (exact) mass is 246 g/mol. The molecule has 0 aliphatic heterocycles. The van der Waals surface area contributed by atoms with Crippen molar-refractivity contribution in [2.45, 2.75) is 25.8 Å². The highest BCUT2D eigenvalue weighted by molar-refractivity contribution is 5.95. The molecule has 0 bridgehead atoms. The molecule has 0 saturated carbocycles. The van der Waals surface area contributed by atoms with E-state index in [1.165, 1.54) is 24.3 Å². The average Bonchev–Trinajstić information content (AvgIpc) is 2.38. The van der Waals surface area contributed by atoms with Crippen LogP contribution in [0.2, 0.25) is 0 Å². The van der Waals surface area contributed by atoms with Crippen LogP contribution in [0.1, 0.15) is 30.1 Å². The second kappa shape index (κ2) is 6.40. The summed E-state index contributed by atoms with van der Waals surface area (Å²) in [6.07, 6.45) is 6.35. The topological polar surface area (TPSA) is 72.2 Å². The molecule has 1 rings (SSSR count). The molecule has 0 radical (unpaired) electrons. The molecule has 18 heavy (non-hydrogen) atoms. The molecule has 5 nitrogen and oxygen atoms in total. The van der Waals surface area contributed by atoms with Gasteiger partial charge < -0.3 is 5.32 Å². The van der Waals surface area contributed by atoms with Gasteiger partial charge in [-0.1, -0.05) is 13.0 Å². The van der Waals surface area contributed by atoms with Gasteiger partial charge in [0.25, 0.3) is 11.6 Å². The van der Waals surface area contributed by atoms with Crippen molar-refractivity contribution in [3.8, 4) is 12.3 Å². The first-order valence-corrected chi connectivity index (χ1v) is 5.57. The van der Waals surface area contributed by atoms with Crippen LogP contribution in [0.5, 0.6) is 0 Å². The molecule has 0 saturated heterocycles. The molecule has 1 aromatic rings. The number of nitro groups is 1. The van der Waals surface area contributed by atoms with Crippen LogP contribution in [-0.2, 0) is 0 Å². The van der Waals surface area contributed by atoms with Crippen LogP contribution < -0.4 is 5.32 Å². The molecule has 1 N–H and O–H groups in total. The van der Waals surface area contributed by atoms with E-state index in [2.05, 4.69) is 11.2 Å². The smallest absolute Gasteiger partial charge is 0.270 e. The Hall–Kier alpha value is -2.35. The summed E-state index contributed by atoms with van der Waals surface area (Å²) in [7, 11) is 0. The normalized spacial score (nSPS) is 11.3. The molecule has 0 aliphatic rings. The van der Waals surface area contributed by atoms with Crippen molar-refractivity contribution in [2.75, 3.05) is 0 Å². The lowest BCUT2D eigenvalue weighted by atomic mass is 10.1. The number of non-ortho nitro benzene ring substituents is 1. The number of hydrogen-bond acceptors (Lipinski definition) is 3. The summed E-state index contributed by atoms with van der Waals surface area (Å²) in [6, 6.07) is 5.50. The lowest BCUT2D eigenvalue weighted by molar-refractivity contribution is -0.384. The summed E-state index contributed by atoms with van der Waals surface area (Å²) in [5.41, 5.74) is 0.160. The van der Waals surface area contributed by atoms with E-state index >= 15 is 0 Å². The van der Waals surface area contributed by atoms with Crippen molar-refractivity contribution in [1.82, 2.24) is 5.32 Å². The van der Waals surface area contributed by atoms with Crippen molar-refractivity contribution < 1.29 is 9.72 Å². The number of terminal acetylenes is 1. The van der Waals surface area contributed by atoms with Gasteiger partial charge in [0, 0.05) is 30.2 Å². The number of nitrogens with one attached hydrogen (secondary N) is 1. The maximum absolute atomic E-state index is 11.9. The summed E-state index contributed by atoms with van der Waals surface area (Å²) >= 11 is 0. The van der Waals surface area contributed by atoms with Gasteiger partial charge in [-0.05, 0) is 12.5 Å². The van der Waals surface area contributed by atoms with Gasteiger partial charge in [-0.3, -0.25) is 14.9 Å². The van der Waals surface area contributed by atoms with Gasteiger partial charge >= 0.3 is 0 Å². The Morgan fingerprint density at radius 1 is 1.61 bits per heavy atom. The van der Waals surface area contributed by atoms with E-state index in [4.69, 9.17) is 6.42 Å². The number of carbonyl (C=O) groups excluding carboxylic acids is 1. The van der Waals surface area contributed by atoms with Gasteiger partial charge in [0.2, 0.25) is 0 Å². The van der Waals surface area contributed by atoms with Crippen LogP contribution in [0.15, 0.2) is 24.3 Å². The standard InChI is InChI=1S/C13H14N2O3/c1-3-6-11(4-2)14-13(16)10-7-5-8-12(9-10)15(17)18/h1,5,7-9,11H,4,6H2,2H3,(H,14,16). The number of nitrogens with zero attached hydrogens (tertiary/aromatic N) is 1. The van der Waals surface area contributed by atoms with Crippen molar-refractivity contribution >= 4 is 11.6 Å². The zero-order valence-electron chi connectivity index (χ0n) is 10.1. The first-order chi connectivity index (χ1) is 8.58. The lowest BCUT2D eigenvalue weighted by Gasteiger charge is -2.13. The Morgan fingerprint density at radius 3 is 2.89 bits per heavy atom. The fourth-order valence-corrected chi connectivity index (χ4v) is 1.47. The molecule has 5 heteroatoms. The van der Waals surface area contributed by atoms with Gasteiger partial charge in [0.05, 0.1) is 4.92 Å². The quantitative estimate of drug-likeness (QED) is 0.491. The Morgan fingerprint density at radius 2 is 2.33 bits per heavy atom. The molecule has 0 aromatic heterocycles. The third-order valence-corrected chi connectivity index (χ3v) is 2.51. The summed E-state index contributed by atoms with van der Waals surface area (Å²) < 4.78 is 0. The minimum Gasteiger partial charge on any atom is -0.348 e. The van der Waals surface area contributed by atoms with Gasteiger partial charge in [-0.2, -0.15) is 0 Å². The number of benzene rings is 1. The van der Waals surface area contributed by atoms with E-state index in [-0.39, 0.29) is 23.2 Å². The van der Waals surface area contributed by atoms with Crippen LogP contribution in [0, 0.1) is 22.5 Å². The predicted octanol–water partition coefficient (Wildman–Crippen LogP) is 2.13. The number of carbonyl (C=O) groups is 1. The van der Waals surface area contributed by atoms with E-state index in [9.17, 15) is 14.9 Å². The predicted molar refractivity (Wildman–Crippen MR) is 68.1 cm³/mol. The average molecular weight is 246 g/mol. The molecular weight excluding hydrogens is 232 g/mol. The molecule has 0 fully saturated rings. The fraction of sp³-hybridized carbons (Fsp3) is 0.308. The van der Waals surface area contributed by atoms with Gasteiger partial charge in [0.1, 0.15) is 0 Å². The third kappa shape index (κ3) is 3.59. The van der Waals surface area contributed by atoms with Crippen LogP contribution in [0.25, 0.3) is 0 Å². The van der Waals surface area contributed by atoms with Crippen molar-refractivity contribution in [1.29, 1.82) is 0 Å². The summed E-state index contributed by atoms with van der Waals surface area (Å²) in [5, 5.41) is 13.3. The molecule has 0 spiro atoms. The van der Waals surface area contributed by atoms with Crippen molar-refractivity contribution in [2.24, 2.45) is 0 Å². The van der Waals surface area contributed by atoms with Gasteiger partial charge in [-0.15, -0.1) is 12.3 Å². The fourth-order valence-electron chi connectivity index (χ4n) is 1.47. The molecule has 0 heterocycles. The molecule has 1 amide bonds. The second-order valence-corrected chi connectivity index (χ2v) is 3.79. The lowest BCUT2D eigenvalue weighted by Crippen LogP contribution is -2.34. The van der Waals surface area contributed by atoms with Gasteiger partial charge in [-0.25, -0.2) is 0 Å². The third-order valence-electron chi connectivity index (χ3n) is 2.51. The first kappa shape index (κ1) is 13.7. The Labute approximate surface area is 105 Å². The number of hydrogen-bond donors (Lipinski definition) is 1. The van der Waals surface area contributed by atoms with E-state index in [0.717, 1.165) is 0 Å². The van der Waals surface area contributed by atoms with E-state index in [0.29, 0.717) is 12.8 Å². The number of rotatable bonds is 5. The second-order valence-electron chi connectivity index (χ2n) is 3.79. The van der Waals surface area contributed by atoms with E-state index in [1.54, 1.807) is 0 Å². The maximum Gasteiger partial charge on any atom is 0.270 e. The van der Waals surface area contributed by atoms with Gasteiger partial charge in [0.15, 0.2) is 0 Å². The zero-order valence-corrected chi connectivity index (χ0v) is 10.1. The maximum atomic E-state index is 11.9. The first-order valence-electron chi connectivity index (χ1n) is 5.57. The van der Waals surface area contributed by atoms with E-state index < -0.39 is 4.92 Å². The largest absolute Gasteiger partial charge is 0.348 e. The SMILES string of the molecule is C#CCC(CC)NC(=O)c1cccc([N+](=O)[O-])c1. The van der Waals surface area contributed by atoms with Crippen molar-refractivity contribution in [3.05, 3.63) is 39.9 Å². The molecular formula is C13H14N2O3. The molecule has 94 valence electrons. The summed E-state index contributed by atoms with van der Waals surface area (Å²) in [4.78, 5) is 21.9. The van der Waals surface area contributed by atoms with Crippen LogP contribution in [0.4, 0.5) is 5.69 Å². The minimum absolute atomic E-state index is 0.104. The van der Waals surface area contributed by atoms with Crippen LogP contribution in [-0.4, -0.2) is 16.9 Å².